The van der Waals surface area contributed by atoms with Crippen LogP contribution in [0.25, 0.3) is 0 Å². The van der Waals surface area contributed by atoms with Gasteiger partial charge >= 0.3 is 23.9 Å². The zero-order valence-electron chi connectivity index (χ0n) is 14.2. The van der Waals surface area contributed by atoms with E-state index in [0.717, 1.165) is 24.3 Å². The van der Waals surface area contributed by atoms with Crippen molar-refractivity contribution in [1.82, 2.24) is 0 Å². The number of benzene rings is 2. The highest BCUT2D eigenvalue weighted by atomic mass is 16.4. The lowest BCUT2D eigenvalue weighted by atomic mass is 9.94. The average molecular weight is 386 g/mol. The topological polar surface area (TPSA) is 166 Å². The number of carboxylic acids is 4. The van der Waals surface area contributed by atoms with Gasteiger partial charge in [-0.25, -0.2) is 9.59 Å². The van der Waals surface area contributed by atoms with Crippen molar-refractivity contribution in [3.05, 3.63) is 69.8 Å². The van der Waals surface area contributed by atoms with Crippen molar-refractivity contribution in [2.24, 2.45) is 0 Å². The van der Waals surface area contributed by atoms with E-state index in [1.807, 2.05) is 0 Å². The Morgan fingerprint density at radius 1 is 0.607 bits per heavy atom. The first kappa shape index (κ1) is 20.3. The highest BCUT2D eigenvalue weighted by molar-refractivity contribution is 6.10. The van der Waals surface area contributed by atoms with Crippen LogP contribution in [0.4, 0.5) is 0 Å². The Morgan fingerprint density at radius 2 is 0.964 bits per heavy atom. The molecule has 0 spiro atoms. The first-order valence-corrected chi connectivity index (χ1v) is 7.81. The molecule has 9 heteroatoms. The van der Waals surface area contributed by atoms with Gasteiger partial charge in [-0.3, -0.25) is 14.4 Å². The van der Waals surface area contributed by atoms with E-state index in [4.69, 9.17) is 20.4 Å². The number of aromatic carboxylic acids is 2. The van der Waals surface area contributed by atoms with Crippen LogP contribution in [0.1, 0.15) is 47.8 Å². The molecule has 0 saturated heterocycles. The summed E-state index contributed by atoms with van der Waals surface area (Å²) >= 11 is 0. The number of hydrogen-bond donors (Lipinski definition) is 4. The molecular formula is C19H14O9. The molecule has 4 N–H and O–H groups in total. The quantitative estimate of drug-likeness (QED) is 0.492. The monoisotopic (exact) mass is 386 g/mol. The second kappa shape index (κ2) is 8.12. The molecule has 28 heavy (non-hydrogen) atoms. The number of ketones is 1. The fraction of sp³-hybridized carbons (Fsp3) is 0.105. The lowest BCUT2D eigenvalue weighted by Crippen LogP contribution is -2.12. The van der Waals surface area contributed by atoms with Crippen molar-refractivity contribution in [3.8, 4) is 0 Å². The van der Waals surface area contributed by atoms with E-state index in [-0.39, 0.29) is 33.4 Å². The molecule has 0 saturated carbocycles. The molecule has 0 aliphatic carbocycles. The number of rotatable bonds is 8. The Labute approximate surface area is 157 Å². The minimum Gasteiger partial charge on any atom is -0.481 e. The molecule has 0 atom stereocenters. The highest BCUT2D eigenvalue weighted by Gasteiger charge is 2.19. The Balaban J connectivity index is 2.50. The molecule has 2 rings (SSSR count). The molecule has 0 radical (unpaired) electrons. The van der Waals surface area contributed by atoms with Gasteiger partial charge < -0.3 is 20.4 Å². The van der Waals surface area contributed by atoms with Gasteiger partial charge in [0, 0.05) is 11.1 Å². The molecular weight excluding hydrogens is 372 g/mol. The van der Waals surface area contributed by atoms with E-state index in [9.17, 15) is 24.0 Å². The molecule has 0 fully saturated rings. The largest absolute Gasteiger partial charge is 0.481 e. The fourth-order valence-electron chi connectivity index (χ4n) is 2.67. The van der Waals surface area contributed by atoms with E-state index in [2.05, 4.69) is 0 Å². The van der Waals surface area contributed by atoms with Crippen LogP contribution in [0.5, 0.6) is 0 Å². The van der Waals surface area contributed by atoms with Crippen molar-refractivity contribution < 1.29 is 44.4 Å². The smallest absolute Gasteiger partial charge is 0.335 e. The Hall–Kier alpha value is -4.01. The van der Waals surface area contributed by atoms with Crippen LogP contribution in [0.15, 0.2) is 36.4 Å². The van der Waals surface area contributed by atoms with Gasteiger partial charge in [-0.1, -0.05) is 12.1 Å². The van der Waals surface area contributed by atoms with Gasteiger partial charge in [-0.2, -0.15) is 0 Å². The molecule has 2 aromatic rings. The van der Waals surface area contributed by atoms with Crippen LogP contribution in [-0.2, 0) is 22.4 Å². The molecule has 0 aliphatic rings. The average Bonchev–Trinajstić information content (AvgIpc) is 2.59. The Kier molecular flexibility index (Phi) is 5.89. The molecule has 9 nitrogen and oxygen atoms in total. The number of carbonyl (C=O) groups is 5. The summed E-state index contributed by atoms with van der Waals surface area (Å²) in [6.45, 7) is 0. The van der Waals surface area contributed by atoms with E-state index in [1.165, 1.54) is 12.1 Å². The standard InChI is InChI=1S/C19H14O9/c20-15(21)7-11-5-9(1-3-13(11)18(25)26)17(24)10-2-4-14(19(27)28)12(6-10)8-16(22)23/h1-6H,7-8H2,(H,20,21)(H,22,23)(H,25,26)(H,27,28). The van der Waals surface area contributed by atoms with Gasteiger partial charge in [0.15, 0.2) is 5.78 Å². The van der Waals surface area contributed by atoms with Gasteiger partial charge in [0.05, 0.1) is 24.0 Å². The SMILES string of the molecule is O=C(O)Cc1cc(C(=O)c2ccc(C(=O)O)c(CC(=O)O)c2)ccc1C(=O)O. The number of hydrogen-bond acceptors (Lipinski definition) is 5. The molecule has 0 bridgehead atoms. The number of carboxylic acid groups (broad SMARTS) is 4. The van der Waals surface area contributed by atoms with Crippen molar-refractivity contribution in [2.45, 2.75) is 12.8 Å². The maximum Gasteiger partial charge on any atom is 0.335 e. The molecule has 2 aromatic carbocycles. The summed E-state index contributed by atoms with van der Waals surface area (Å²) in [6.07, 6.45) is -1.21. The van der Waals surface area contributed by atoms with Gasteiger partial charge in [0.1, 0.15) is 0 Å². The second-order valence-corrected chi connectivity index (χ2v) is 5.82. The van der Waals surface area contributed by atoms with Gasteiger partial charge in [-0.15, -0.1) is 0 Å². The second-order valence-electron chi connectivity index (χ2n) is 5.82. The highest BCUT2D eigenvalue weighted by Crippen LogP contribution is 2.20. The summed E-state index contributed by atoms with van der Waals surface area (Å²) in [5.74, 6) is -5.87. The fourth-order valence-corrected chi connectivity index (χ4v) is 2.67. The summed E-state index contributed by atoms with van der Waals surface area (Å²) in [4.78, 5) is 57.0. The number of aliphatic carboxylic acids is 2. The van der Waals surface area contributed by atoms with Crippen molar-refractivity contribution in [3.63, 3.8) is 0 Å². The molecule has 144 valence electrons. The minimum absolute atomic E-state index is 0.00870. The third-order valence-corrected chi connectivity index (χ3v) is 3.88. The first-order valence-electron chi connectivity index (χ1n) is 7.81. The van der Waals surface area contributed by atoms with Crippen LogP contribution in [0.2, 0.25) is 0 Å². The zero-order valence-corrected chi connectivity index (χ0v) is 14.2. The normalized spacial score (nSPS) is 10.3. The third-order valence-electron chi connectivity index (χ3n) is 3.88. The van der Waals surface area contributed by atoms with Crippen LogP contribution < -0.4 is 0 Å². The molecule has 0 aliphatic heterocycles. The van der Waals surface area contributed by atoms with Gasteiger partial charge in [0.2, 0.25) is 0 Å². The van der Waals surface area contributed by atoms with E-state index < -0.39 is 42.5 Å². The summed E-state index contributed by atoms with van der Waals surface area (Å²) in [6, 6.07) is 6.91. The van der Waals surface area contributed by atoms with Crippen molar-refractivity contribution >= 4 is 29.7 Å². The maximum atomic E-state index is 12.7. The summed E-state index contributed by atoms with van der Waals surface area (Å²) < 4.78 is 0. The summed E-state index contributed by atoms with van der Waals surface area (Å²) in [7, 11) is 0. The lowest BCUT2D eigenvalue weighted by molar-refractivity contribution is -0.137. The molecule has 0 aromatic heterocycles. The molecule has 0 heterocycles. The third kappa shape index (κ3) is 4.58. The van der Waals surface area contributed by atoms with Crippen LogP contribution in [0, 0.1) is 0 Å². The van der Waals surface area contributed by atoms with Crippen LogP contribution in [-0.4, -0.2) is 50.1 Å². The van der Waals surface area contributed by atoms with Gasteiger partial charge in [-0.05, 0) is 35.4 Å². The predicted octanol–water partition coefficient (Wildman–Crippen LogP) is 1.57. The Morgan fingerprint density at radius 3 is 1.25 bits per heavy atom. The summed E-state index contributed by atoms with van der Waals surface area (Å²) in [5.41, 5.74) is -0.674. The van der Waals surface area contributed by atoms with E-state index in [1.54, 1.807) is 0 Å². The van der Waals surface area contributed by atoms with Crippen molar-refractivity contribution in [1.29, 1.82) is 0 Å². The van der Waals surface area contributed by atoms with Gasteiger partial charge in [0.25, 0.3) is 0 Å². The molecule has 0 amide bonds. The van der Waals surface area contributed by atoms with E-state index in [0.29, 0.717) is 0 Å². The molecule has 0 unspecified atom stereocenters. The van der Waals surface area contributed by atoms with Crippen molar-refractivity contribution in [2.75, 3.05) is 0 Å². The Bertz CT molecular complexity index is 925. The minimum atomic E-state index is -1.34. The first-order chi connectivity index (χ1) is 13.1. The number of carbonyl (C=O) groups excluding carboxylic acids is 1. The summed E-state index contributed by atoms with van der Waals surface area (Å²) in [5, 5.41) is 36.1. The van der Waals surface area contributed by atoms with E-state index >= 15 is 0 Å². The lowest BCUT2D eigenvalue weighted by Gasteiger charge is -2.09. The van der Waals surface area contributed by atoms with Crippen LogP contribution >= 0.6 is 0 Å². The zero-order chi connectivity index (χ0) is 21.0. The van der Waals surface area contributed by atoms with Crippen LogP contribution in [0.3, 0.4) is 0 Å². The maximum absolute atomic E-state index is 12.7. The predicted molar refractivity (Wildman–Crippen MR) is 92.9 cm³/mol.